The molecule has 1 aliphatic rings. The number of para-hydroxylation sites is 1. The first-order chi connectivity index (χ1) is 13.5. The van der Waals surface area contributed by atoms with Crippen molar-refractivity contribution >= 4 is 34.5 Å². The highest BCUT2D eigenvalue weighted by molar-refractivity contribution is 6.03. The smallest absolute Gasteiger partial charge is 0.324 e. The summed E-state index contributed by atoms with van der Waals surface area (Å²) < 4.78 is 5.51. The van der Waals surface area contributed by atoms with Crippen LogP contribution in [-0.2, 0) is 11.3 Å². The maximum atomic E-state index is 12.4. The molecule has 2 aromatic carbocycles. The van der Waals surface area contributed by atoms with E-state index in [0.29, 0.717) is 16.7 Å². The molecule has 28 heavy (non-hydrogen) atoms. The Bertz CT molecular complexity index is 1130. The predicted molar refractivity (Wildman–Crippen MR) is 101 cm³/mol. The SMILES string of the molecule is O=C(Nc1ccc(CN2C(=O)CNC2=O)cc1)c1cc(=O)c2ccccc2o1. The molecular weight excluding hydrogens is 362 g/mol. The molecule has 0 aliphatic carbocycles. The van der Waals surface area contributed by atoms with Crippen LogP contribution in [0.15, 0.2) is 63.8 Å². The zero-order valence-electron chi connectivity index (χ0n) is 14.6. The molecule has 8 nitrogen and oxygen atoms in total. The minimum absolute atomic E-state index is 0.00390. The number of carbonyl (C=O) groups is 3. The van der Waals surface area contributed by atoms with Crippen molar-refractivity contribution in [3.05, 3.63) is 76.1 Å². The van der Waals surface area contributed by atoms with E-state index in [2.05, 4.69) is 10.6 Å². The Morgan fingerprint density at radius 2 is 1.82 bits per heavy atom. The lowest BCUT2D eigenvalue weighted by atomic mass is 10.2. The molecule has 1 saturated heterocycles. The zero-order chi connectivity index (χ0) is 19.7. The fourth-order valence-electron chi connectivity index (χ4n) is 2.90. The highest BCUT2D eigenvalue weighted by Crippen LogP contribution is 2.16. The van der Waals surface area contributed by atoms with Gasteiger partial charge in [-0.1, -0.05) is 24.3 Å². The largest absolute Gasteiger partial charge is 0.451 e. The standard InChI is InChI=1S/C20H15N3O5/c24-15-9-17(28-16-4-2-1-3-14(15)16)19(26)22-13-7-5-12(6-8-13)11-23-18(25)10-21-20(23)27/h1-9H,10-11H2,(H,21,27)(H,22,26). The lowest BCUT2D eigenvalue weighted by Gasteiger charge is -2.12. The molecule has 2 N–H and O–H groups in total. The molecule has 0 unspecified atom stereocenters. The first-order valence-corrected chi connectivity index (χ1v) is 8.52. The Morgan fingerprint density at radius 1 is 1.07 bits per heavy atom. The summed E-state index contributed by atoms with van der Waals surface area (Å²) >= 11 is 0. The molecular formula is C20H15N3O5. The van der Waals surface area contributed by atoms with Crippen LogP contribution in [0.1, 0.15) is 16.1 Å². The van der Waals surface area contributed by atoms with Crippen LogP contribution in [-0.4, -0.2) is 29.3 Å². The van der Waals surface area contributed by atoms with Gasteiger partial charge in [0.25, 0.3) is 5.91 Å². The molecule has 1 fully saturated rings. The van der Waals surface area contributed by atoms with Gasteiger partial charge in [-0.05, 0) is 29.8 Å². The highest BCUT2D eigenvalue weighted by atomic mass is 16.3. The van der Waals surface area contributed by atoms with Crippen LogP contribution in [0.4, 0.5) is 10.5 Å². The predicted octanol–water partition coefficient (Wildman–Crippen LogP) is 2.10. The third-order valence-electron chi connectivity index (χ3n) is 4.35. The van der Waals surface area contributed by atoms with E-state index in [1.807, 2.05) is 0 Å². The van der Waals surface area contributed by atoms with Crippen molar-refractivity contribution in [2.45, 2.75) is 6.54 Å². The van der Waals surface area contributed by atoms with Crippen LogP contribution in [0.3, 0.4) is 0 Å². The van der Waals surface area contributed by atoms with Gasteiger partial charge in [-0.25, -0.2) is 4.79 Å². The number of fused-ring (bicyclic) bond motifs is 1. The lowest BCUT2D eigenvalue weighted by Crippen LogP contribution is -2.30. The van der Waals surface area contributed by atoms with Crippen LogP contribution in [0.2, 0.25) is 0 Å². The number of nitrogens with zero attached hydrogens (tertiary/aromatic N) is 1. The van der Waals surface area contributed by atoms with E-state index in [1.165, 1.54) is 0 Å². The number of imide groups is 1. The number of nitrogens with one attached hydrogen (secondary N) is 2. The summed E-state index contributed by atoms with van der Waals surface area (Å²) in [7, 11) is 0. The topological polar surface area (TPSA) is 109 Å². The summed E-state index contributed by atoms with van der Waals surface area (Å²) in [6.45, 7) is 0.155. The van der Waals surface area contributed by atoms with Gasteiger partial charge in [0.1, 0.15) is 5.58 Å². The van der Waals surface area contributed by atoms with Crippen LogP contribution in [0, 0.1) is 0 Å². The van der Waals surface area contributed by atoms with Crippen LogP contribution < -0.4 is 16.1 Å². The highest BCUT2D eigenvalue weighted by Gasteiger charge is 2.28. The number of hydrogen-bond donors (Lipinski definition) is 2. The molecule has 2 heterocycles. The first kappa shape index (κ1) is 17.5. The summed E-state index contributed by atoms with van der Waals surface area (Å²) in [5, 5.41) is 5.52. The Labute approximate surface area is 158 Å². The summed E-state index contributed by atoms with van der Waals surface area (Å²) in [5.41, 5.74) is 1.27. The van der Waals surface area contributed by atoms with Gasteiger partial charge in [-0.2, -0.15) is 0 Å². The fourth-order valence-corrected chi connectivity index (χ4v) is 2.90. The van der Waals surface area contributed by atoms with Crippen LogP contribution in [0.5, 0.6) is 0 Å². The van der Waals surface area contributed by atoms with E-state index in [4.69, 9.17) is 4.42 Å². The number of amides is 4. The number of benzene rings is 2. The molecule has 1 aromatic heterocycles. The minimum Gasteiger partial charge on any atom is -0.451 e. The summed E-state index contributed by atoms with van der Waals surface area (Å²) in [5.74, 6) is -0.925. The van der Waals surface area contributed by atoms with Gasteiger partial charge in [-0.15, -0.1) is 0 Å². The number of anilines is 1. The number of rotatable bonds is 4. The van der Waals surface area contributed by atoms with Crippen molar-refractivity contribution in [2.75, 3.05) is 11.9 Å². The van der Waals surface area contributed by atoms with Gasteiger partial charge < -0.3 is 15.1 Å². The molecule has 0 atom stereocenters. The third kappa shape index (κ3) is 3.35. The van der Waals surface area contributed by atoms with Crippen molar-refractivity contribution in [1.29, 1.82) is 0 Å². The molecule has 3 aromatic rings. The van der Waals surface area contributed by atoms with Gasteiger partial charge in [-0.3, -0.25) is 19.3 Å². The molecule has 140 valence electrons. The van der Waals surface area contributed by atoms with Crippen molar-refractivity contribution in [1.82, 2.24) is 10.2 Å². The summed E-state index contributed by atoms with van der Waals surface area (Å²) in [6.07, 6.45) is 0. The normalized spacial score (nSPS) is 13.6. The quantitative estimate of drug-likeness (QED) is 0.677. The van der Waals surface area contributed by atoms with Crippen molar-refractivity contribution in [3.63, 3.8) is 0 Å². The number of urea groups is 1. The Balaban J connectivity index is 1.48. The van der Waals surface area contributed by atoms with Gasteiger partial charge in [0.05, 0.1) is 18.5 Å². The Kier molecular flexibility index (Phi) is 4.36. The van der Waals surface area contributed by atoms with E-state index in [0.717, 1.165) is 16.5 Å². The summed E-state index contributed by atoms with van der Waals surface area (Å²) in [6, 6.07) is 14.1. The Hall–Kier alpha value is -3.94. The van der Waals surface area contributed by atoms with E-state index < -0.39 is 11.9 Å². The van der Waals surface area contributed by atoms with Crippen molar-refractivity contribution < 1.29 is 18.8 Å². The number of hydrogen-bond acceptors (Lipinski definition) is 5. The molecule has 1 aliphatic heterocycles. The molecule has 4 rings (SSSR count). The molecule has 8 heteroatoms. The minimum atomic E-state index is -0.551. The van der Waals surface area contributed by atoms with Crippen molar-refractivity contribution in [2.24, 2.45) is 0 Å². The van der Waals surface area contributed by atoms with Crippen LogP contribution >= 0.6 is 0 Å². The molecule has 4 amide bonds. The van der Waals surface area contributed by atoms with E-state index in [9.17, 15) is 19.2 Å². The lowest BCUT2D eigenvalue weighted by molar-refractivity contribution is -0.125. The average Bonchev–Trinajstić information content (AvgIpc) is 3.01. The van der Waals surface area contributed by atoms with Gasteiger partial charge >= 0.3 is 6.03 Å². The second kappa shape index (κ2) is 6.99. The molecule has 0 saturated carbocycles. The maximum absolute atomic E-state index is 12.4. The van der Waals surface area contributed by atoms with Gasteiger partial charge in [0.2, 0.25) is 5.91 Å². The molecule has 0 spiro atoms. The second-order valence-corrected chi connectivity index (χ2v) is 6.26. The van der Waals surface area contributed by atoms with Crippen LogP contribution in [0.25, 0.3) is 11.0 Å². The average molecular weight is 377 g/mol. The molecule has 0 radical (unpaired) electrons. The second-order valence-electron chi connectivity index (χ2n) is 6.26. The van der Waals surface area contributed by atoms with Crippen molar-refractivity contribution in [3.8, 4) is 0 Å². The van der Waals surface area contributed by atoms with E-state index in [-0.39, 0.29) is 30.2 Å². The monoisotopic (exact) mass is 377 g/mol. The zero-order valence-corrected chi connectivity index (χ0v) is 14.6. The van der Waals surface area contributed by atoms with E-state index in [1.54, 1.807) is 48.5 Å². The maximum Gasteiger partial charge on any atom is 0.324 e. The number of carbonyl (C=O) groups excluding carboxylic acids is 3. The Morgan fingerprint density at radius 3 is 2.54 bits per heavy atom. The fraction of sp³-hybridized carbons (Fsp3) is 0.100. The van der Waals surface area contributed by atoms with Gasteiger partial charge in [0.15, 0.2) is 11.2 Å². The molecule has 0 bridgehead atoms. The van der Waals surface area contributed by atoms with Gasteiger partial charge in [0, 0.05) is 11.8 Å². The first-order valence-electron chi connectivity index (χ1n) is 8.52. The third-order valence-corrected chi connectivity index (χ3v) is 4.35. The van der Waals surface area contributed by atoms with E-state index >= 15 is 0 Å². The summed E-state index contributed by atoms with van der Waals surface area (Å²) in [4.78, 5) is 48.9.